The maximum atomic E-state index is 12.9. The van der Waals surface area contributed by atoms with Crippen LogP contribution in [0.15, 0.2) is 65.9 Å². The van der Waals surface area contributed by atoms with Crippen LogP contribution in [0.4, 0.5) is 11.4 Å². The lowest BCUT2D eigenvalue weighted by molar-refractivity contribution is -0.118. The number of rotatable bonds is 5. The van der Waals surface area contributed by atoms with Crippen molar-refractivity contribution in [3.05, 3.63) is 60.8 Å². The Labute approximate surface area is 168 Å². The minimum atomic E-state index is -0.493. The van der Waals surface area contributed by atoms with Crippen LogP contribution in [0.25, 0.3) is 10.9 Å². The van der Waals surface area contributed by atoms with E-state index in [9.17, 15) is 9.59 Å². The fourth-order valence-electron chi connectivity index (χ4n) is 3.40. The smallest absolute Gasteiger partial charge is 0.271 e. The average Bonchev–Trinajstić information content (AvgIpc) is 3.21. The van der Waals surface area contributed by atoms with Gasteiger partial charge in [0.05, 0.1) is 18.5 Å². The van der Waals surface area contributed by atoms with E-state index in [0.717, 1.165) is 11.1 Å². The fraction of sp³-hybridized carbons (Fsp3) is 0.182. The van der Waals surface area contributed by atoms with Gasteiger partial charge in [-0.3, -0.25) is 19.6 Å². The molecule has 4 rings (SSSR count). The number of anilines is 2. The van der Waals surface area contributed by atoms with Crippen molar-refractivity contribution < 1.29 is 14.3 Å². The Kier molecular flexibility index (Phi) is 4.95. The number of ketones is 1. The van der Waals surface area contributed by atoms with Crippen LogP contribution >= 0.6 is 0 Å². The van der Waals surface area contributed by atoms with E-state index in [1.165, 1.54) is 6.92 Å². The summed E-state index contributed by atoms with van der Waals surface area (Å²) in [5.74, 6) is 0.244. The molecule has 0 bridgehead atoms. The quantitative estimate of drug-likeness (QED) is 0.724. The van der Waals surface area contributed by atoms with Crippen molar-refractivity contribution in [1.29, 1.82) is 0 Å². The number of ether oxygens (including phenoxy) is 1. The van der Waals surface area contributed by atoms with Gasteiger partial charge in [-0.05, 0) is 43.3 Å². The van der Waals surface area contributed by atoms with Gasteiger partial charge in [0.1, 0.15) is 23.0 Å². The topological polar surface area (TPSA) is 83.9 Å². The van der Waals surface area contributed by atoms with Gasteiger partial charge in [0.25, 0.3) is 5.91 Å². The number of hydrogen-bond acceptors (Lipinski definition) is 6. The van der Waals surface area contributed by atoms with E-state index in [1.807, 2.05) is 36.4 Å². The molecule has 2 aromatic carbocycles. The standard InChI is InChI=1S/C22H20N4O3/c1-14(27)19-13-18(25-26(19)15-7-4-3-5-8-15)22(28)24-17-10-11-20(29-2)21-16(17)9-6-12-23-21/h3-12,19H,13H2,1-2H3,(H,24,28). The first kappa shape index (κ1) is 18.6. The number of hydrogen-bond donors (Lipinski definition) is 1. The highest BCUT2D eigenvalue weighted by atomic mass is 16.5. The van der Waals surface area contributed by atoms with Gasteiger partial charge in [-0.1, -0.05) is 18.2 Å². The summed E-state index contributed by atoms with van der Waals surface area (Å²) in [6, 6.07) is 16.1. The molecule has 1 aromatic heterocycles. The molecule has 3 aromatic rings. The van der Waals surface area contributed by atoms with Gasteiger partial charge < -0.3 is 10.1 Å². The number of aromatic nitrogens is 1. The Balaban J connectivity index is 1.64. The van der Waals surface area contributed by atoms with Crippen LogP contribution in [-0.4, -0.2) is 35.5 Å². The zero-order valence-corrected chi connectivity index (χ0v) is 16.1. The predicted octanol–water partition coefficient (Wildman–Crippen LogP) is 3.41. The lowest BCUT2D eigenvalue weighted by atomic mass is 10.1. The first-order chi connectivity index (χ1) is 14.1. The average molecular weight is 388 g/mol. The van der Waals surface area contributed by atoms with Gasteiger partial charge in [-0.15, -0.1) is 0 Å². The van der Waals surface area contributed by atoms with Crippen LogP contribution in [0.1, 0.15) is 13.3 Å². The molecule has 1 amide bonds. The third kappa shape index (κ3) is 3.54. The molecule has 1 aliphatic heterocycles. The molecule has 0 aliphatic carbocycles. The minimum absolute atomic E-state index is 0.0421. The number of pyridine rings is 1. The van der Waals surface area contributed by atoms with E-state index in [-0.39, 0.29) is 18.1 Å². The number of carbonyl (C=O) groups excluding carboxylic acids is 2. The fourth-order valence-corrected chi connectivity index (χ4v) is 3.40. The normalized spacial score (nSPS) is 15.9. The molecule has 1 atom stereocenters. The number of methoxy groups -OCH3 is 1. The summed E-state index contributed by atoms with van der Waals surface area (Å²) >= 11 is 0. The van der Waals surface area contributed by atoms with Crippen LogP contribution in [0, 0.1) is 0 Å². The molecule has 0 radical (unpaired) electrons. The number of amides is 1. The van der Waals surface area contributed by atoms with Crippen LogP contribution in [0.3, 0.4) is 0 Å². The third-order valence-corrected chi connectivity index (χ3v) is 4.86. The maximum absolute atomic E-state index is 12.9. The van der Waals surface area contributed by atoms with Crippen LogP contribution in [-0.2, 0) is 9.59 Å². The van der Waals surface area contributed by atoms with E-state index in [0.29, 0.717) is 22.7 Å². The molecule has 7 nitrogen and oxygen atoms in total. The molecule has 29 heavy (non-hydrogen) atoms. The van der Waals surface area contributed by atoms with Crippen molar-refractivity contribution >= 4 is 39.7 Å². The van der Waals surface area contributed by atoms with Crippen molar-refractivity contribution in [1.82, 2.24) is 4.98 Å². The van der Waals surface area contributed by atoms with E-state index in [2.05, 4.69) is 15.4 Å². The number of nitrogens with one attached hydrogen (secondary N) is 1. The van der Waals surface area contributed by atoms with Gasteiger partial charge in [-0.25, -0.2) is 0 Å². The minimum Gasteiger partial charge on any atom is -0.494 e. The lowest BCUT2D eigenvalue weighted by Crippen LogP contribution is -2.33. The van der Waals surface area contributed by atoms with Gasteiger partial charge in [0.15, 0.2) is 5.78 Å². The Morgan fingerprint density at radius 3 is 2.62 bits per heavy atom. The Hall–Kier alpha value is -3.74. The molecule has 1 unspecified atom stereocenters. The van der Waals surface area contributed by atoms with Crippen molar-refractivity contribution in [3.8, 4) is 5.75 Å². The summed E-state index contributed by atoms with van der Waals surface area (Å²) in [7, 11) is 1.58. The largest absolute Gasteiger partial charge is 0.494 e. The molecule has 2 heterocycles. The second kappa shape index (κ2) is 7.71. The van der Waals surface area contributed by atoms with E-state index >= 15 is 0 Å². The zero-order valence-electron chi connectivity index (χ0n) is 16.1. The number of nitrogens with zero attached hydrogens (tertiary/aromatic N) is 3. The number of Topliss-reactive ketones (excluding diaryl/α,β-unsaturated/α-hetero) is 1. The molecule has 146 valence electrons. The molecular weight excluding hydrogens is 368 g/mol. The summed E-state index contributed by atoms with van der Waals surface area (Å²) in [6.45, 7) is 1.51. The van der Waals surface area contributed by atoms with Crippen molar-refractivity contribution in [3.63, 3.8) is 0 Å². The van der Waals surface area contributed by atoms with Gasteiger partial charge in [0, 0.05) is 18.0 Å². The number of carbonyl (C=O) groups is 2. The highest BCUT2D eigenvalue weighted by Crippen LogP contribution is 2.30. The summed E-state index contributed by atoms with van der Waals surface area (Å²) < 4.78 is 5.35. The van der Waals surface area contributed by atoms with Gasteiger partial charge in [0.2, 0.25) is 0 Å². The number of benzene rings is 2. The second-order valence-corrected chi connectivity index (χ2v) is 6.73. The first-order valence-corrected chi connectivity index (χ1v) is 9.24. The molecule has 0 saturated heterocycles. The summed E-state index contributed by atoms with van der Waals surface area (Å²) in [5.41, 5.74) is 2.35. The molecular formula is C22H20N4O3. The van der Waals surface area contributed by atoms with Crippen molar-refractivity contribution in [2.45, 2.75) is 19.4 Å². The molecule has 1 N–H and O–H groups in total. The molecule has 7 heteroatoms. The molecule has 1 aliphatic rings. The summed E-state index contributed by atoms with van der Waals surface area (Å²) in [4.78, 5) is 29.4. The monoisotopic (exact) mass is 388 g/mol. The molecule has 0 fully saturated rings. The van der Waals surface area contributed by atoms with Crippen LogP contribution in [0.2, 0.25) is 0 Å². The van der Waals surface area contributed by atoms with Crippen molar-refractivity contribution in [2.75, 3.05) is 17.4 Å². The van der Waals surface area contributed by atoms with E-state index in [4.69, 9.17) is 4.74 Å². The second-order valence-electron chi connectivity index (χ2n) is 6.73. The molecule has 0 saturated carbocycles. The SMILES string of the molecule is COc1ccc(NC(=O)C2=NN(c3ccccc3)C(C(C)=O)C2)c2cccnc12. The number of hydrazone groups is 1. The highest BCUT2D eigenvalue weighted by Gasteiger charge is 2.34. The van der Waals surface area contributed by atoms with E-state index in [1.54, 1.807) is 36.5 Å². The zero-order chi connectivity index (χ0) is 20.4. The number of fused-ring (bicyclic) bond motifs is 1. The predicted molar refractivity (Wildman–Crippen MR) is 112 cm³/mol. The van der Waals surface area contributed by atoms with Crippen molar-refractivity contribution in [2.24, 2.45) is 5.10 Å². The summed E-state index contributed by atoms with van der Waals surface area (Å²) in [6.07, 6.45) is 1.93. The Bertz CT molecular complexity index is 1110. The highest BCUT2D eigenvalue weighted by molar-refractivity contribution is 6.44. The van der Waals surface area contributed by atoms with Gasteiger partial charge in [-0.2, -0.15) is 5.10 Å². The molecule has 0 spiro atoms. The van der Waals surface area contributed by atoms with Crippen LogP contribution < -0.4 is 15.1 Å². The Morgan fingerprint density at radius 1 is 1.10 bits per heavy atom. The van der Waals surface area contributed by atoms with Crippen LogP contribution in [0.5, 0.6) is 5.75 Å². The Morgan fingerprint density at radius 2 is 1.90 bits per heavy atom. The first-order valence-electron chi connectivity index (χ1n) is 9.24. The number of para-hydroxylation sites is 1. The third-order valence-electron chi connectivity index (χ3n) is 4.86. The van der Waals surface area contributed by atoms with E-state index < -0.39 is 6.04 Å². The summed E-state index contributed by atoms with van der Waals surface area (Å²) in [5, 5.41) is 9.74. The lowest BCUT2D eigenvalue weighted by Gasteiger charge is -2.20. The van der Waals surface area contributed by atoms with Gasteiger partial charge >= 0.3 is 0 Å². The maximum Gasteiger partial charge on any atom is 0.271 e.